The number of likely N-dealkylation sites (N-methyl/N-ethyl adjacent to an activating group) is 1. The second-order valence-electron chi connectivity index (χ2n) is 7.63. The molecule has 1 aliphatic heterocycles. The largest absolute Gasteiger partial charge is 0.383 e. The molecule has 4 heterocycles. The predicted molar refractivity (Wildman–Crippen MR) is 118 cm³/mol. The number of nitrogen functional groups attached to an aromatic ring is 1. The highest BCUT2D eigenvalue weighted by molar-refractivity contribution is 5.91. The lowest BCUT2D eigenvalue weighted by atomic mass is 10.2. The van der Waals surface area contributed by atoms with Crippen molar-refractivity contribution in [3.05, 3.63) is 54.3 Å². The maximum Gasteiger partial charge on any atom is 0.246 e. The molecular weight excluding hydrogens is 392 g/mol. The SMILES string of the molecule is CN(C)CC=CC(=O)N1CC[C@H](n2nc(C#Cc3cccnc3)c3c(N)ncnc32)C1. The number of anilines is 1. The van der Waals surface area contributed by atoms with Crippen molar-refractivity contribution in [2.24, 2.45) is 0 Å². The Hall–Kier alpha value is -3.77. The number of hydrogen-bond donors (Lipinski definition) is 1. The van der Waals surface area contributed by atoms with Gasteiger partial charge in [-0.2, -0.15) is 5.10 Å². The van der Waals surface area contributed by atoms with Gasteiger partial charge in [-0.3, -0.25) is 9.78 Å². The van der Waals surface area contributed by atoms with Crippen LogP contribution < -0.4 is 5.73 Å². The van der Waals surface area contributed by atoms with E-state index < -0.39 is 0 Å². The molecule has 1 atom stereocenters. The first-order valence-electron chi connectivity index (χ1n) is 10.0. The third-order valence-electron chi connectivity index (χ3n) is 5.06. The van der Waals surface area contributed by atoms with Gasteiger partial charge in [-0.05, 0) is 38.6 Å². The van der Waals surface area contributed by atoms with Crippen LogP contribution in [0.2, 0.25) is 0 Å². The van der Waals surface area contributed by atoms with Crippen molar-refractivity contribution in [2.45, 2.75) is 12.5 Å². The molecule has 31 heavy (non-hydrogen) atoms. The molecule has 1 aliphatic rings. The van der Waals surface area contributed by atoms with Gasteiger partial charge in [-0.15, -0.1) is 0 Å². The molecule has 0 aromatic carbocycles. The van der Waals surface area contributed by atoms with E-state index in [1.807, 2.05) is 46.8 Å². The zero-order chi connectivity index (χ0) is 21.8. The van der Waals surface area contributed by atoms with Gasteiger partial charge in [0.1, 0.15) is 17.8 Å². The Morgan fingerprint density at radius 3 is 3.00 bits per heavy atom. The Kier molecular flexibility index (Phi) is 5.91. The topological polar surface area (TPSA) is 106 Å². The number of fused-ring (bicyclic) bond motifs is 1. The molecule has 1 saturated heterocycles. The van der Waals surface area contributed by atoms with Gasteiger partial charge in [0.15, 0.2) is 5.65 Å². The maximum atomic E-state index is 12.5. The number of amides is 1. The number of nitrogens with zero attached hydrogens (tertiary/aromatic N) is 7. The molecule has 0 aliphatic carbocycles. The Morgan fingerprint density at radius 2 is 2.23 bits per heavy atom. The summed E-state index contributed by atoms with van der Waals surface area (Å²) < 4.78 is 1.83. The molecule has 1 amide bonds. The van der Waals surface area contributed by atoms with Gasteiger partial charge in [0, 0.05) is 43.7 Å². The fourth-order valence-corrected chi connectivity index (χ4v) is 3.52. The van der Waals surface area contributed by atoms with Crippen LogP contribution >= 0.6 is 0 Å². The van der Waals surface area contributed by atoms with Crippen molar-refractivity contribution in [3.63, 3.8) is 0 Å². The molecule has 1 fully saturated rings. The molecule has 0 bridgehead atoms. The van der Waals surface area contributed by atoms with Gasteiger partial charge in [-0.25, -0.2) is 14.6 Å². The number of carbonyl (C=O) groups is 1. The zero-order valence-electron chi connectivity index (χ0n) is 17.6. The van der Waals surface area contributed by atoms with E-state index in [2.05, 4.69) is 26.8 Å². The summed E-state index contributed by atoms with van der Waals surface area (Å²) in [4.78, 5) is 28.9. The van der Waals surface area contributed by atoms with Gasteiger partial charge in [0.25, 0.3) is 0 Å². The van der Waals surface area contributed by atoms with Crippen molar-refractivity contribution in [1.82, 2.24) is 34.5 Å². The zero-order valence-corrected chi connectivity index (χ0v) is 17.6. The van der Waals surface area contributed by atoms with Gasteiger partial charge in [0.2, 0.25) is 5.91 Å². The fourth-order valence-electron chi connectivity index (χ4n) is 3.52. The lowest BCUT2D eigenvalue weighted by Crippen LogP contribution is -2.28. The van der Waals surface area contributed by atoms with E-state index in [4.69, 9.17) is 10.8 Å². The Labute approximate surface area is 180 Å². The summed E-state index contributed by atoms with van der Waals surface area (Å²) in [7, 11) is 3.93. The molecule has 9 heteroatoms. The molecule has 0 spiro atoms. The molecule has 2 N–H and O–H groups in total. The first-order valence-corrected chi connectivity index (χ1v) is 10.0. The lowest BCUT2D eigenvalue weighted by molar-refractivity contribution is -0.125. The molecule has 0 saturated carbocycles. The second-order valence-corrected chi connectivity index (χ2v) is 7.63. The molecule has 4 rings (SSSR count). The minimum Gasteiger partial charge on any atom is -0.383 e. The molecule has 3 aromatic rings. The van der Waals surface area contributed by atoms with Crippen molar-refractivity contribution < 1.29 is 4.79 Å². The smallest absolute Gasteiger partial charge is 0.246 e. The van der Waals surface area contributed by atoms with Crippen molar-refractivity contribution in [3.8, 4) is 11.8 Å². The number of aromatic nitrogens is 5. The summed E-state index contributed by atoms with van der Waals surface area (Å²) >= 11 is 0. The summed E-state index contributed by atoms with van der Waals surface area (Å²) in [5.41, 5.74) is 8.06. The molecule has 9 nitrogen and oxygen atoms in total. The van der Waals surface area contributed by atoms with Crippen LogP contribution in [-0.4, -0.2) is 74.2 Å². The van der Waals surface area contributed by atoms with E-state index in [0.717, 1.165) is 18.5 Å². The van der Waals surface area contributed by atoms with Crippen LogP contribution in [0.15, 0.2) is 43.0 Å². The minimum absolute atomic E-state index is 0.00283. The Bertz CT molecular complexity index is 1170. The fraction of sp³-hybridized carbons (Fsp3) is 0.318. The van der Waals surface area contributed by atoms with Crippen LogP contribution in [0.4, 0.5) is 5.82 Å². The van der Waals surface area contributed by atoms with Gasteiger partial charge >= 0.3 is 0 Å². The molecular formula is C22H24N8O. The average molecular weight is 416 g/mol. The second kappa shape index (κ2) is 8.93. The van der Waals surface area contributed by atoms with Crippen LogP contribution in [0, 0.1) is 11.8 Å². The van der Waals surface area contributed by atoms with Crippen molar-refractivity contribution >= 4 is 22.8 Å². The average Bonchev–Trinajstić information content (AvgIpc) is 3.38. The van der Waals surface area contributed by atoms with Crippen LogP contribution in [0.25, 0.3) is 11.0 Å². The van der Waals surface area contributed by atoms with Crippen LogP contribution in [0.3, 0.4) is 0 Å². The third kappa shape index (κ3) is 4.54. The van der Waals surface area contributed by atoms with Gasteiger partial charge in [0.05, 0.1) is 11.4 Å². The first-order chi connectivity index (χ1) is 15.0. The van der Waals surface area contributed by atoms with Gasteiger partial charge in [-0.1, -0.05) is 12.0 Å². The number of carbonyl (C=O) groups excluding carboxylic acids is 1. The Balaban J connectivity index is 1.61. The summed E-state index contributed by atoms with van der Waals surface area (Å²) in [5, 5.41) is 5.34. The molecule has 158 valence electrons. The van der Waals surface area contributed by atoms with E-state index in [1.165, 1.54) is 6.33 Å². The highest BCUT2D eigenvalue weighted by atomic mass is 16.2. The van der Waals surface area contributed by atoms with E-state index in [9.17, 15) is 4.79 Å². The number of likely N-dealkylation sites (tertiary alicyclic amines) is 1. The quantitative estimate of drug-likeness (QED) is 0.501. The van der Waals surface area contributed by atoms with Crippen molar-refractivity contribution in [2.75, 3.05) is 39.5 Å². The summed E-state index contributed by atoms with van der Waals surface area (Å²) in [6, 6.07) is 3.70. The normalized spacial score (nSPS) is 16.2. The molecule has 3 aromatic heterocycles. The summed E-state index contributed by atoms with van der Waals surface area (Å²) in [6.07, 6.45) is 9.10. The minimum atomic E-state index is -0.00283. The third-order valence-corrected chi connectivity index (χ3v) is 5.06. The Morgan fingerprint density at radius 1 is 1.35 bits per heavy atom. The van der Waals surface area contributed by atoms with E-state index in [-0.39, 0.29) is 11.9 Å². The highest BCUT2D eigenvalue weighted by Crippen LogP contribution is 2.28. The number of rotatable bonds is 4. The van der Waals surface area contributed by atoms with E-state index >= 15 is 0 Å². The van der Waals surface area contributed by atoms with Gasteiger partial charge < -0.3 is 15.5 Å². The van der Waals surface area contributed by atoms with Crippen LogP contribution in [-0.2, 0) is 4.79 Å². The molecule has 0 unspecified atom stereocenters. The number of nitrogens with two attached hydrogens (primary N) is 1. The highest BCUT2D eigenvalue weighted by Gasteiger charge is 2.29. The van der Waals surface area contributed by atoms with Crippen LogP contribution in [0.5, 0.6) is 0 Å². The maximum absolute atomic E-state index is 12.5. The summed E-state index contributed by atoms with van der Waals surface area (Å²) in [6.45, 7) is 1.94. The standard InChI is InChI=1S/C22H24N8O/c1-28(2)11-4-6-19(31)29-12-9-17(14-29)30-22-20(21(23)25-15-26-22)18(27-30)8-7-16-5-3-10-24-13-16/h3-6,10,13,15,17H,9,11-12,14H2,1-2H3,(H2,23,25,26)/t17-/m0/s1. The van der Waals surface area contributed by atoms with Crippen molar-refractivity contribution in [1.29, 1.82) is 0 Å². The predicted octanol–water partition coefficient (Wildman–Crippen LogP) is 1.09. The monoisotopic (exact) mass is 416 g/mol. The van der Waals surface area contributed by atoms with Crippen LogP contribution in [0.1, 0.15) is 23.7 Å². The van der Waals surface area contributed by atoms with E-state index in [1.54, 1.807) is 18.5 Å². The number of hydrogen-bond acceptors (Lipinski definition) is 7. The summed E-state index contributed by atoms with van der Waals surface area (Å²) in [5.74, 6) is 6.49. The first kappa shape index (κ1) is 20.5. The number of pyridine rings is 1. The van der Waals surface area contributed by atoms with E-state index in [0.29, 0.717) is 35.6 Å². The lowest BCUT2D eigenvalue weighted by Gasteiger charge is -2.15. The molecule has 0 radical (unpaired) electrons.